The van der Waals surface area contributed by atoms with Gasteiger partial charge in [-0.2, -0.15) is 11.8 Å². The van der Waals surface area contributed by atoms with Gasteiger partial charge in [0, 0.05) is 24.5 Å². The molecule has 0 unspecified atom stereocenters. The second-order valence-corrected chi connectivity index (χ2v) is 7.56. The van der Waals surface area contributed by atoms with Gasteiger partial charge in [-0.3, -0.25) is 0 Å². The zero-order valence-electron chi connectivity index (χ0n) is 10.2. The van der Waals surface area contributed by atoms with Crippen molar-refractivity contribution in [3.63, 3.8) is 0 Å². The average molecular weight is 286 g/mol. The molecule has 2 N–H and O–H groups in total. The molecule has 18 heavy (non-hydrogen) atoms. The van der Waals surface area contributed by atoms with Gasteiger partial charge in [-0.1, -0.05) is 12.1 Å². The van der Waals surface area contributed by atoms with E-state index in [-0.39, 0.29) is 5.75 Å². The summed E-state index contributed by atoms with van der Waals surface area (Å²) < 4.78 is 26.2. The molecule has 100 valence electrons. The largest absolute Gasteiger partial charge is 0.399 e. The molecule has 2 rings (SSSR count). The number of benzene rings is 1. The standard InChI is InChI=1S/C12H18N2O2S2/c13-12-4-1-3-11(9-12)10-18(15,16)14-5-2-7-17-8-6-14/h1,3-4,9H,2,5-8,10,13H2. The normalized spacial score (nSPS) is 18.4. The lowest BCUT2D eigenvalue weighted by Gasteiger charge is -2.19. The summed E-state index contributed by atoms with van der Waals surface area (Å²) in [5, 5.41) is 0. The third kappa shape index (κ3) is 3.63. The zero-order chi connectivity index (χ0) is 13.0. The van der Waals surface area contributed by atoms with Crippen molar-refractivity contribution in [2.45, 2.75) is 12.2 Å². The number of nitrogens with zero attached hydrogens (tertiary/aromatic N) is 1. The van der Waals surface area contributed by atoms with Gasteiger partial charge in [-0.25, -0.2) is 12.7 Å². The number of thioether (sulfide) groups is 1. The molecule has 0 aromatic heterocycles. The summed E-state index contributed by atoms with van der Waals surface area (Å²) in [4.78, 5) is 0. The van der Waals surface area contributed by atoms with Crippen molar-refractivity contribution < 1.29 is 8.42 Å². The van der Waals surface area contributed by atoms with E-state index in [1.807, 2.05) is 11.8 Å². The van der Waals surface area contributed by atoms with Crippen LogP contribution in [0, 0.1) is 0 Å². The quantitative estimate of drug-likeness (QED) is 0.856. The van der Waals surface area contributed by atoms with E-state index in [9.17, 15) is 8.42 Å². The van der Waals surface area contributed by atoms with Crippen LogP contribution in [0.25, 0.3) is 0 Å². The summed E-state index contributed by atoms with van der Waals surface area (Å²) in [5.74, 6) is 1.98. The molecule has 0 spiro atoms. The summed E-state index contributed by atoms with van der Waals surface area (Å²) >= 11 is 1.82. The lowest BCUT2D eigenvalue weighted by Crippen LogP contribution is -2.33. The van der Waals surface area contributed by atoms with Crippen molar-refractivity contribution in [3.8, 4) is 0 Å². The molecule has 1 saturated heterocycles. The Morgan fingerprint density at radius 3 is 2.89 bits per heavy atom. The van der Waals surface area contributed by atoms with Gasteiger partial charge in [-0.05, 0) is 29.9 Å². The van der Waals surface area contributed by atoms with Crippen molar-refractivity contribution in [1.82, 2.24) is 4.31 Å². The molecule has 6 heteroatoms. The minimum absolute atomic E-state index is 0.0444. The van der Waals surface area contributed by atoms with E-state index in [1.165, 1.54) is 0 Å². The smallest absolute Gasteiger partial charge is 0.218 e. The number of nitrogen functional groups attached to an aromatic ring is 1. The Hall–Kier alpha value is -0.720. The SMILES string of the molecule is Nc1cccc(CS(=O)(=O)N2CCCSCC2)c1. The summed E-state index contributed by atoms with van der Waals surface area (Å²) in [5.41, 5.74) is 7.03. The molecule has 0 amide bonds. The van der Waals surface area contributed by atoms with Gasteiger partial charge in [-0.15, -0.1) is 0 Å². The van der Waals surface area contributed by atoms with Crippen LogP contribution in [0.2, 0.25) is 0 Å². The second-order valence-electron chi connectivity index (χ2n) is 4.37. The Morgan fingerprint density at radius 1 is 1.28 bits per heavy atom. The highest BCUT2D eigenvalue weighted by Crippen LogP contribution is 2.17. The third-order valence-electron chi connectivity index (χ3n) is 2.87. The van der Waals surface area contributed by atoms with Crippen LogP contribution in [0.5, 0.6) is 0 Å². The maximum absolute atomic E-state index is 12.3. The van der Waals surface area contributed by atoms with Gasteiger partial charge in [0.2, 0.25) is 10.0 Å². The van der Waals surface area contributed by atoms with Gasteiger partial charge in [0.1, 0.15) is 0 Å². The number of sulfonamides is 1. The van der Waals surface area contributed by atoms with Crippen molar-refractivity contribution in [3.05, 3.63) is 29.8 Å². The molecule has 1 aliphatic rings. The predicted molar refractivity (Wildman–Crippen MR) is 77.0 cm³/mol. The molecule has 0 aliphatic carbocycles. The van der Waals surface area contributed by atoms with Crippen LogP contribution in [-0.4, -0.2) is 37.3 Å². The van der Waals surface area contributed by atoms with Crippen LogP contribution in [0.4, 0.5) is 5.69 Å². The first-order valence-corrected chi connectivity index (χ1v) is 8.74. The van der Waals surface area contributed by atoms with Crippen molar-refractivity contribution >= 4 is 27.5 Å². The first kappa shape index (κ1) is 13.7. The van der Waals surface area contributed by atoms with E-state index in [2.05, 4.69) is 0 Å². The van der Waals surface area contributed by atoms with Crippen LogP contribution < -0.4 is 5.73 Å². The third-order valence-corrected chi connectivity index (χ3v) is 5.77. The molecule has 1 aromatic rings. The molecule has 1 aliphatic heterocycles. The van der Waals surface area contributed by atoms with Crippen molar-refractivity contribution in [2.75, 3.05) is 30.3 Å². The zero-order valence-corrected chi connectivity index (χ0v) is 11.8. The fourth-order valence-electron chi connectivity index (χ4n) is 1.99. The fourth-order valence-corrected chi connectivity index (χ4v) is 4.55. The molecule has 0 bridgehead atoms. The Balaban J connectivity index is 2.10. The minimum atomic E-state index is -3.21. The fraction of sp³-hybridized carbons (Fsp3) is 0.500. The van der Waals surface area contributed by atoms with Crippen LogP contribution in [0.3, 0.4) is 0 Å². The second kappa shape index (κ2) is 5.95. The highest BCUT2D eigenvalue weighted by molar-refractivity contribution is 7.99. The van der Waals surface area contributed by atoms with E-state index in [0.717, 1.165) is 23.5 Å². The Kier molecular flexibility index (Phi) is 4.53. The highest BCUT2D eigenvalue weighted by Gasteiger charge is 2.23. The van der Waals surface area contributed by atoms with Crippen molar-refractivity contribution in [1.29, 1.82) is 0 Å². The Morgan fingerprint density at radius 2 is 2.11 bits per heavy atom. The van der Waals surface area contributed by atoms with Crippen LogP contribution >= 0.6 is 11.8 Å². The van der Waals surface area contributed by atoms with Crippen LogP contribution in [-0.2, 0) is 15.8 Å². The molecule has 4 nitrogen and oxygen atoms in total. The first-order chi connectivity index (χ1) is 8.58. The van der Waals surface area contributed by atoms with Gasteiger partial charge < -0.3 is 5.73 Å². The van der Waals surface area contributed by atoms with Gasteiger partial charge >= 0.3 is 0 Å². The summed E-state index contributed by atoms with van der Waals surface area (Å²) in [6, 6.07) is 7.09. The van der Waals surface area contributed by atoms with E-state index >= 15 is 0 Å². The number of hydrogen-bond donors (Lipinski definition) is 1. The van der Waals surface area contributed by atoms with E-state index in [4.69, 9.17) is 5.73 Å². The van der Waals surface area contributed by atoms with E-state index < -0.39 is 10.0 Å². The van der Waals surface area contributed by atoms with E-state index in [0.29, 0.717) is 18.8 Å². The average Bonchev–Trinajstić information content (AvgIpc) is 2.57. The molecule has 0 saturated carbocycles. The lowest BCUT2D eigenvalue weighted by atomic mass is 10.2. The Bertz CT molecular complexity index is 495. The first-order valence-electron chi connectivity index (χ1n) is 5.98. The highest BCUT2D eigenvalue weighted by atomic mass is 32.2. The van der Waals surface area contributed by atoms with Gasteiger partial charge in [0.15, 0.2) is 0 Å². The molecule has 0 atom stereocenters. The molecular weight excluding hydrogens is 268 g/mol. The van der Waals surface area contributed by atoms with Crippen LogP contribution in [0.15, 0.2) is 24.3 Å². The molecule has 1 heterocycles. The minimum Gasteiger partial charge on any atom is -0.399 e. The summed E-state index contributed by atoms with van der Waals surface area (Å²) in [7, 11) is -3.21. The maximum Gasteiger partial charge on any atom is 0.218 e. The molecule has 0 radical (unpaired) electrons. The summed E-state index contributed by atoms with van der Waals surface area (Å²) in [6.07, 6.45) is 0.931. The maximum atomic E-state index is 12.3. The Labute approximate surface area is 113 Å². The van der Waals surface area contributed by atoms with Gasteiger partial charge in [0.05, 0.1) is 5.75 Å². The number of hydrogen-bond acceptors (Lipinski definition) is 4. The monoisotopic (exact) mass is 286 g/mol. The summed E-state index contributed by atoms with van der Waals surface area (Å²) in [6.45, 7) is 1.26. The van der Waals surface area contributed by atoms with Crippen LogP contribution in [0.1, 0.15) is 12.0 Å². The number of anilines is 1. The number of rotatable bonds is 3. The van der Waals surface area contributed by atoms with Crippen molar-refractivity contribution in [2.24, 2.45) is 0 Å². The number of nitrogens with two attached hydrogens (primary N) is 1. The predicted octanol–water partition coefficient (Wildman–Crippen LogP) is 1.54. The lowest BCUT2D eigenvalue weighted by molar-refractivity contribution is 0.434. The molecule has 1 aromatic carbocycles. The molecule has 1 fully saturated rings. The van der Waals surface area contributed by atoms with E-state index in [1.54, 1.807) is 28.6 Å². The molecular formula is C12H18N2O2S2. The van der Waals surface area contributed by atoms with Gasteiger partial charge in [0.25, 0.3) is 0 Å². The topological polar surface area (TPSA) is 63.4 Å².